The minimum absolute atomic E-state index is 0.0670. The molecule has 1 aromatic rings. The van der Waals surface area contributed by atoms with Crippen molar-refractivity contribution in [2.75, 3.05) is 19.8 Å². The van der Waals surface area contributed by atoms with Crippen molar-refractivity contribution in [2.45, 2.75) is 25.4 Å². The zero-order valence-electron chi connectivity index (χ0n) is 9.40. The topological polar surface area (TPSA) is 48.7 Å². The Hall–Kier alpha value is -1.13. The standard InChI is InChI=1S/C12H16O4/c1-2-16-12(5-8-14-9-6-12)11(13)10-4-3-7-15-10/h3-4,7H,2,5-6,8-9H2,1H3. The molecule has 0 N–H and O–H groups in total. The highest BCUT2D eigenvalue weighted by Crippen LogP contribution is 2.29. The van der Waals surface area contributed by atoms with Crippen molar-refractivity contribution in [2.24, 2.45) is 0 Å². The molecule has 2 rings (SSSR count). The SMILES string of the molecule is CCOC1(C(=O)c2ccco2)CCOCC1. The van der Waals surface area contributed by atoms with Crippen LogP contribution in [-0.2, 0) is 9.47 Å². The molecule has 1 aliphatic rings. The first-order chi connectivity index (χ1) is 7.78. The normalized spacial score (nSPS) is 19.6. The molecule has 2 heterocycles. The van der Waals surface area contributed by atoms with Gasteiger partial charge in [0, 0.05) is 32.7 Å². The Kier molecular flexibility index (Phi) is 3.41. The van der Waals surface area contributed by atoms with E-state index in [0.717, 1.165) is 0 Å². The summed E-state index contributed by atoms with van der Waals surface area (Å²) < 4.78 is 16.1. The van der Waals surface area contributed by atoms with Crippen LogP contribution in [0, 0.1) is 0 Å². The lowest BCUT2D eigenvalue weighted by Gasteiger charge is -2.34. The summed E-state index contributed by atoms with van der Waals surface area (Å²) in [5, 5.41) is 0. The third kappa shape index (κ3) is 2.03. The Bertz CT molecular complexity index is 330. The Morgan fingerprint density at radius 1 is 1.50 bits per heavy atom. The Morgan fingerprint density at radius 3 is 2.81 bits per heavy atom. The second-order valence-corrected chi connectivity index (χ2v) is 3.85. The van der Waals surface area contributed by atoms with Crippen LogP contribution >= 0.6 is 0 Å². The van der Waals surface area contributed by atoms with Crippen LogP contribution in [0.1, 0.15) is 30.3 Å². The van der Waals surface area contributed by atoms with Crippen LogP contribution in [0.25, 0.3) is 0 Å². The van der Waals surface area contributed by atoms with Gasteiger partial charge >= 0.3 is 0 Å². The molecule has 0 spiro atoms. The van der Waals surface area contributed by atoms with Crippen LogP contribution in [-0.4, -0.2) is 31.2 Å². The highest BCUT2D eigenvalue weighted by atomic mass is 16.5. The zero-order chi connectivity index (χ0) is 11.4. The third-order valence-corrected chi connectivity index (χ3v) is 2.88. The molecule has 88 valence electrons. The Balaban J connectivity index is 2.21. The molecule has 0 aliphatic carbocycles. The van der Waals surface area contributed by atoms with Gasteiger partial charge in [0.1, 0.15) is 5.60 Å². The predicted octanol–water partition coefficient (Wildman–Crippen LogP) is 2.05. The van der Waals surface area contributed by atoms with E-state index in [9.17, 15) is 4.79 Å². The maximum atomic E-state index is 12.3. The van der Waals surface area contributed by atoms with Gasteiger partial charge in [0.05, 0.1) is 6.26 Å². The van der Waals surface area contributed by atoms with Crippen LogP contribution in [0.3, 0.4) is 0 Å². The number of Topliss-reactive ketones (excluding diaryl/α,β-unsaturated/α-hetero) is 1. The third-order valence-electron chi connectivity index (χ3n) is 2.88. The van der Waals surface area contributed by atoms with E-state index in [1.807, 2.05) is 6.92 Å². The molecule has 0 saturated carbocycles. The van der Waals surface area contributed by atoms with Crippen molar-refractivity contribution >= 4 is 5.78 Å². The van der Waals surface area contributed by atoms with E-state index in [1.54, 1.807) is 12.1 Å². The Labute approximate surface area is 94.5 Å². The summed E-state index contributed by atoms with van der Waals surface area (Å²) in [4.78, 5) is 12.3. The molecular formula is C12H16O4. The van der Waals surface area contributed by atoms with Crippen molar-refractivity contribution in [1.29, 1.82) is 0 Å². The van der Waals surface area contributed by atoms with Crippen molar-refractivity contribution < 1.29 is 18.7 Å². The molecule has 0 radical (unpaired) electrons. The molecule has 4 heteroatoms. The number of carbonyl (C=O) groups excluding carboxylic acids is 1. The molecule has 1 fully saturated rings. The molecule has 4 nitrogen and oxygen atoms in total. The fourth-order valence-corrected chi connectivity index (χ4v) is 2.05. The minimum atomic E-state index is -0.745. The molecular weight excluding hydrogens is 208 g/mol. The number of furan rings is 1. The maximum absolute atomic E-state index is 12.3. The lowest BCUT2D eigenvalue weighted by Crippen LogP contribution is -2.46. The van der Waals surface area contributed by atoms with Crippen molar-refractivity contribution in [3.63, 3.8) is 0 Å². The largest absolute Gasteiger partial charge is 0.461 e. The molecule has 16 heavy (non-hydrogen) atoms. The maximum Gasteiger partial charge on any atom is 0.229 e. The number of rotatable bonds is 4. The lowest BCUT2D eigenvalue weighted by atomic mass is 9.88. The summed E-state index contributed by atoms with van der Waals surface area (Å²) in [6.45, 7) is 3.54. The van der Waals surface area contributed by atoms with Gasteiger partial charge in [-0.15, -0.1) is 0 Å². The van der Waals surface area contributed by atoms with Crippen LogP contribution in [0.5, 0.6) is 0 Å². The van der Waals surface area contributed by atoms with Crippen LogP contribution in [0.2, 0.25) is 0 Å². The highest BCUT2D eigenvalue weighted by molar-refractivity contribution is 6.00. The van der Waals surface area contributed by atoms with Crippen molar-refractivity contribution in [3.8, 4) is 0 Å². The molecule has 1 aliphatic heterocycles. The summed E-state index contributed by atoms with van der Waals surface area (Å²) in [6, 6.07) is 3.39. The second kappa shape index (κ2) is 4.80. The monoisotopic (exact) mass is 224 g/mol. The molecule has 0 amide bonds. The molecule has 1 aromatic heterocycles. The fourth-order valence-electron chi connectivity index (χ4n) is 2.05. The van der Waals surface area contributed by atoms with Gasteiger partial charge in [-0.05, 0) is 19.1 Å². The minimum Gasteiger partial charge on any atom is -0.461 e. The van der Waals surface area contributed by atoms with Gasteiger partial charge in [0.15, 0.2) is 5.76 Å². The first kappa shape index (κ1) is 11.4. The van der Waals surface area contributed by atoms with E-state index in [0.29, 0.717) is 38.4 Å². The number of hydrogen-bond acceptors (Lipinski definition) is 4. The van der Waals surface area contributed by atoms with Crippen molar-refractivity contribution in [3.05, 3.63) is 24.2 Å². The van der Waals surface area contributed by atoms with E-state index in [1.165, 1.54) is 6.26 Å². The number of ether oxygens (including phenoxy) is 2. The van der Waals surface area contributed by atoms with Gasteiger partial charge in [-0.3, -0.25) is 4.79 Å². The van der Waals surface area contributed by atoms with Crippen molar-refractivity contribution in [1.82, 2.24) is 0 Å². The van der Waals surface area contributed by atoms with E-state index < -0.39 is 5.60 Å². The number of ketones is 1. The Morgan fingerprint density at radius 2 is 2.25 bits per heavy atom. The van der Waals surface area contributed by atoms with E-state index in [-0.39, 0.29) is 5.78 Å². The fraction of sp³-hybridized carbons (Fsp3) is 0.583. The van der Waals surface area contributed by atoms with Gasteiger partial charge in [-0.1, -0.05) is 0 Å². The molecule has 0 unspecified atom stereocenters. The molecule has 0 bridgehead atoms. The smallest absolute Gasteiger partial charge is 0.229 e. The summed E-state index contributed by atoms with van der Waals surface area (Å²) >= 11 is 0. The average Bonchev–Trinajstić information content (AvgIpc) is 2.83. The van der Waals surface area contributed by atoms with Gasteiger partial charge in [0.25, 0.3) is 0 Å². The van der Waals surface area contributed by atoms with Crippen LogP contribution in [0.4, 0.5) is 0 Å². The molecule has 1 saturated heterocycles. The first-order valence-corrected chi connectivity index (χ1v) is 5.58. The number of hydrogen-bond donors (Lipinski definition) is 0. The second-order valence-electron chi connectivity index (χ2n) is 3.85. The van der Waals surface area contributed by atoms with Gasteiger partial charge in [-0.2, -0.15) is 0 Å². The van der Waals surface area contributed by atoms with Crippen LogP contribution < -0.4 is 0 Å². The van der Waals surface area contributed by atoms with Gasteiger partial charge < -0.3 is 13.9 Å². The predicted molar refractivity (Wildman–Crippen MR) is 57.4 cm³/mol. The van der Waals surface area contributed by atoms with E-state index in [2.05, 4.69) is 0 Å². The summed E-state index contributed by atoms with van der Waals surface area (Å²) in [5.74, 6) is 0.304. The summed E-state index contributed by atoms with van der Waals surface area (Å²) in [6.07, 6.45) is 2.70. The molecule has 0 aromatic carbocycles. The zero-order valence-corrected chi connectivity index (χ0v) is 9.40. The highest BCUT2D eigenvalue weighted by Gasteiger charge is 2.42. The van der Waals surface area contributed by atoms with Crippen LogP contribution in [0.15, 0.2) is 22.8 Å². The van der Waals surface area contributed by atoms with E-state index in [4.69, 9.17) is 13.9 Å². The average molecular weight is 224 g/mol. The van der Waals surface area contributed by atoms with Gasteiger partial charge in [0.2, 0.25) is 5.78 Å². The first-order valence-electron chi connectivity index (χ1n) is 5.58. The lowest BCUT2D eigenvalue weighted by molar-refractivity contribution is -0.0831. The number of carbonyl (C=O) groups is 1. The summed E-state index contributed by atoms with van der Waals surface area (Å²) in [7, 11) is 0. The quantitative estimate of drug-likeness (QED) is 0.734. The van der Waals surface area contributed by atoms with E-state index >= 15 is 0 Å². The summed E-state index contributed by atoms with van der Waals surface area (Å²) in [5.41, 5.74) is -0.745. The van der Waals surface area contributed by atoms with Gasteiger partial charge in [-0.25, -0.2) is 0 Å². The molecule has 0 atom stereocenters.